The second kappa shape index (κ2) is 2.98. The minimum Gasteiger partial charge on any atom is -0.375 e. The topological polar surface area (TPSA) is 56.0 Å². The van der Waals surface area contributed by atoms with E-state index in [0.29, 0.717) is 10.8 Å². The van der Waals surface area contributed by atoms with Gasteiger partial charge in [0, 0.05) is 5.38 Å². The van der Waals surface area contributed by atoms with Crippen molar-refractivity contribution in [3.05, 3.63) is 11.1 Å². The molecule has 0 spiro atoms. The van der Waals surface area contributed by atoms with Crippen LogP contribution in [0.2, 0.25) is 0 Å². The number of rotatable bonds is 2. The lowest BCUT2D eigenvalue weighted by Gasteiger charge is -1.84. The highest BCUT2D eigenvalue weighted by molar-refractivity contribution is 7.13. The van der Waals surface area contributed by atoms with Crippen molar-refractivity contribution in [1.29, 1.82) is 0 Å². The van der Waals surface area contributed by atoms with Crippen LogP contribution < -0.4 is 5.73 Å². The van der Waals surface area contributed by atoms with Crippen molar-refractivity contribution in [2.45, 2.75) is 0 Å². The fraction of sp³-hybridized carbons (Fsp3) is 0.200. The van der Waals surface area contributed by atoms with Gasteiger partial charge in [0.05, 0.1) is 5.88 Å². The predicted molar refractivity (Wildman–Crippen MR) is 41.6 cm³/mol. The summed E-state index contributed by atoms with van der Waals surface area (Å²) in [5.74, 6) is -0.224. The first-order valence-corrected chi connectivity index (χ1v) is 3.95. The largest absolute Gasteiger partial charge is 0.375 e. The monoisotopic (exact) mass is 176 g/mol. The Kier molecular flexibility index (Phi) is 2.24. The van der Waals surface area contributed by atoms with Gasteiger partial charge in [0.1, 0.15) is 5.69 Å². The third kappa shape index (κ3) is 1.46. The zero-order valence-corrected chi connectivity index (χ0v) is 6.58. The minimum absolute atomic E-state index is 0.0385. The number of hydrogen-bond acceptors (Lipinski definition) is 4. The molecule has 10 heavy (non-hydrogen) atoms. The molecule has 0 aliphatic heterocycles. The molecule has 1 heterocycles. The second-order valence-corrected chi connectivity index (χ2v) is 2.78. The molecule has 0 aromatic carbocycles. The summed E-state index contributed by atoms with van der Waals surface area (Å²) >= 11 is 6.51. The lowest BCUT2D eigenvalue weighted by atomic mass is 10.4. The van der Waals surface area contributed by atoms with E-state index < -0.39 is 0 Å². The zero-order valence-electron chi connectivity index (χ0n) is 5.00. The van der Waals surface area contributed by atoms with Gasteiger partial charge in [-0.3, -0.25) is 4.79 Å². The Labute approximate surface area is 66.8 Å². The van der Waals surface area contributed by atoms with Crippen LogP contribution >= 0.6 is 22.9 Å². The number of aromatic nitrogens is 1. The highest BCUT2D eigenvalue weighted by Gasteiger charge is 2.06. The summed E-state index contributed by atoms with van der Waals surface area (Å²) in [5.41, 5.74) is 5.64. The first-order valence-electron chi connectivity index (χ1n) is 2.54. The second-order valence-electron chi connectivity index (χ2n) is 1.63. The Balaban J connectivity index is 2.85. The molecule has 0 saturated carbocycles. The van der Waals surface area contributed by atoms with Gasteiger partial charge in [0.25, 0.3) is 0 Å². The van der Waals surface area contributed by atoms with Gasteiger partial charge in [-0.2, -0.15) is 0 Å². The maximum Gasteiger partial charge on any atom is 0.196 e. The van der Waals surface area contributed by atoms with Crippen LogP contribution in [0.15, 0.2) is 5.38 Å². The molecule has 0 fully saturated rings. The van der Waals surface area contributed by atoms with Gasteiger partial charge < -0.3 is 5.73 Å². The number of carbonyl (C=O) groups is 1. The molecule has 0 bridgehead atoms. The van der Waals surface area contributed by atoms with Crippen LogP contribution in [0, 0.1) is 0 Å². The average molecular weight is 177 g/mol. The lowest BCUT2D eigenvalue weighted by molar-refractivity contribution is 0.101. The molecule has 5 heteroatoms. The smallest absolute Gasteiger partial charge is 0.196 e. The Morgan fingerprint density at radius 3 is 3.00 bits per heavy atom. The van der Waals surface area contributed by atoms with Crippen LogP contribution in [-0.4, -0.2) is 16.6 Å². The van der Waals surface area contributed by atoms with E-state index in [0.717, 1.165) is 0 Å². The summed E-state index contributed by atoms with van der Waals surface area (Å²) in [6.45, 7) is 0. The summed E-state index contributed by atoms with van der Waals surface area (Å²) in [6, 6.07) is 0. The summed E-state index contributed by atoms with van der Waals surface area (Å²) in [4.78, 5) is 14.5. The molecule has 3 nitrogen and oxygen atoms in total. The van der Waals surface area contributed by atoms with Gasteiger partial charge >= 0.3 is 0 Å². The summed E-state index contributed by atoms with van der Waals surface area (Å²) < 4.78 is 0. The van der Waals surface area contributed by atoms with E-state index in [-0.39, 0.29) is 11.7 Å². The van der Waals surface area contributed by atoms with Gasteiger partial charge in [0.2, 0.25) is 0 Å². The zero-order chi connectivity index (χ0) is 7.56. The number of thiazole rings is 1. The Bertz CT molecular complexity index is 248. The maximum absolute atomic E-state index is 10.8. The molecule has 0 saturated heterocycles. The molecule has 0 aliphatic carbocycles. The SMILES string of the molecule is Nc1nc(C(=O)CCl)cs1. The molecule has 0 aliphatic rings. The van der Waals surface area contributed by atoms with Crippen LogP contribution in [0.4, 0.5) is 5.13 Å². The molecular formula is C5H5ClN2OS. The number of anilines is 1. The van der Waals surface area contributed by atoms with E-state index in [1.165, 1.54) is 11.3 Å². The van der Waals surface area contributed by atoms with E-state index >= 15 is 0 Å². The molecular weight excluding hydrogens is 172 g/mol. The van der Waals surface area contributed by atoms with Gasteiger partial charge in [-0.25, -0.2) is 4.98 Å². The van der Waals surface area contributed by atoms with Gasteiger partial charge in [-0.05, 0) is 0 Å². The van der Waals surface area contributed by atoms with Crippen molar-refractivity contribution in [2.24, 2.45) is 0 Å². The standard InChI is InChI=1S/C5H5ClN2OS/c6-1-4(9)3-2-10-5(7)8-3/h2H,1H2,(H2,7,8). The number of halogens is 1. The minimum atomic E-state index is -0.186. The highest BCUT2D eigenvalue weighted by atomic mass is 35.5. The summed E-state index contributed by atoms with van der Waals surface area (Å²) in [6.07, 6.45) is 0. The molecule has 0 atom stereocenters. The van der Waals surface area contributed by atoms with Crippen LogP contribution in [0.5, 0.6) is 0 Å². The molecule has 1 rings (SSSR count). The van der Waals surface area contributed by atoms with Gasteiger partial charge in [0.15, 0.2) is 10.9 Å². The number of carbonyl (C=O) groups excluding carboxylic acids is 1. The number of nitrogens with zero attached hydrogens (tertiary/aromatic N) is 1. The molecule has 1 aromatic heterocycles. The Hall–Kier alpha value is -0.610. The third-order valence-corrected chi connectivity index (χ3v) is 1.85. The predicted octanol–water partition coefficient (Wildman–Crippen LogP) is 1.15. The number of alkyl halides is 1. The van der Waals surface area contributed by atoms with E-state index in [2.05, 4.69) is 4.98 Å². The maximum atomic E-state index is 10.8. The van der Waals surface area contributed by atoms with E-state index in [1.807, 2.05) is 0 Å². The number of nitrogen functional groups attached to an aromatic ring is 1. The summed E-state index contributed by atoms with van der Waals surface area (Å²) in [7, 11) is 0. The van der Waals surface area contributed by atoms with Crippen LogP contribution in [-0.2, 0) is 0 Å². The van der Waals surface area contributed by atoms with Crippen molar-refractivity contribution < 1.29 is 4.79 Å². The molecule has 0 radical (unpaired) electrons. The third-order valence-electron chi connectivity index (χ3n) is 0.929. The van der Waals surface area contributed by atoms with Crippen molar-refractivity contribution in [3.8, 4) is 0 Å². The number of hydrogen-bond donors (Lipinski definition) is 1. The van der Waals surface area contributed by atoms with Crippen molar-refractivity contribution >= 4 is 33.9 Å². The van der Waals surface area contributed by atoms with Crippen LogP contribution in [0.1, 0.15) is 10.5 Å². The molecule has 54 valence electrons. The number of nitrogens with two attached hydrogens (primary N) is 1. The number of Topliss-reactive ketones (excluding diaryl/α,β-unsaturated/α-hetero) is 1. The average Bonchev–Trinajstić information content (AvgIpc) is 2.34. The fourth-order valence-corrected chi connectivity index (χ4v) is 1.19. The first kappa shape index (κ1) is 7.50. The van der Waals surface area contributed by atoms with Crippen LogP contribution in [0.25, 0.3) is 0 Å². The molecule has 0 amide bonds. The quantitative estimate of drug-likeness (QED) is 0.543. The van der Waals surface area contributed by atoms with Crippen molar-refractivity contribution in [3.63, 3.8) is 0 Å². The Morgan fingerprint density at radius 2 is 2.60 bits per heavy atom. The molecule has 0 unspecified atom stereocenters. The normalized spacial score (nSPS) is 9.70. The number of ketones is 1. The Morgan fingerprint density at radius 1 is 1.90 bits per heavy atom. The van der Waals surface area contributed by atoms with E-state index in [9.17, 15) is 4.79 Å². The van der Waals surface area contributed by atoms with Gasteiger partial charge in [-0.1, -0.05) is 0 Å². The summed E-state index contributed by atoms with van der Waals surface area (Å²) in [5, 5.41) is 1.99. The van der Waals surface area contributed by atoms with E-state index in [4.69, 9.17) is 17.3 Å². The van der Waals surface area contributed by atoms with Crippen molar-refractivity contribution in [2.75, 3.05) is 11.6 Å². The fourth-order valence-electron chi connectivity index (χ4n) is 0.484. The van der Waals surface area contributed by atoms with Gasteiger partial charge in [-0.15, -0.1) is 22.9 Å². The first-order chi connectivity index (χ1) is 4.74. The lowest BCUT2D eigenvalue weighted by Crippen LogP contribution is -2.00. The highest BCUT2D eigenvalue weighted by Crippen LogP contribution is 2.11. The molecule has 1 aromatic rings. The van der Waals surface area contributed by atoms with Crippen molar-refractivity contribution in [1.82, 2.24) is 4.98 Å². The van der Waals surface area contributed by atoms with E-state index in [1.54, 1.807) is 5.38 Å². The van der Waals surface area contributed by atoms with Crippen LogP contribution in [0.3, 0.4) is 0 Å². The molecule has 2 N–H and O–H groups in total.